The van der Waals surface area contributed by atoms with Crippen LogP contribution in [0.2, 0.25) is 0 Å². The van der Waals surface area contributed by atoms with Gasteiger partial charge in [0.05, 0.1) is 0 Å². The van der Waals surface area contributed by atoms with Gasteiger partial charge in [-0.25, -0.2) is 9.18 Å². The lowest BCUT2D eigenvalue weighted by molar-refractivity contribution is 0.0665. The zero-order chi connectivity index (χ0) is 10.3. The molecule has 1 aromatic heterocycles. The molecule has 0 aliphatic rings. The summed E-state index contributed by atoms with van der Waals surface area (Å²) in [5.74, 6) is -2.08. The molecule has 3 N–H and O–H groups in total. The summed E-state index contributed by atoms with van der Waals surface area (Å²) >= 11 is 0. The summed E-state index contributed by atoms with van der Waals surface area (Å²) in [5.41, 5.74) is 5.27. The molecule has 0 saturated carbocycles. The summed E-state index contributed by atoms with van der Waals surface area (Å²) < 4.78 is 17.8. The molecule has 0 aliphatic carbocycles. The number of hydrogen-bond donors (Lipinski definition) is 2. The first-order valence-electron chi connectivity index (χ1n) is 3.80. The van der Waals surface area contributed by atoms with E-state index in [4.69, 9.17) is 15.3 Å². The molecule has 4 nitrogen and oxygen atoms in total. The predicted molar refractivity (Wildman–Crippen MR) is 47.5 cm³/mol. The highest BCUT2D eigenvalue weighted by atomic mass is 19.1. The Morgan fingerprint density at radius 3 is 2.86 bits per heavy atom. The fraction of sp³-hybridized carbons (Fsp3) is 0. The summed E-state index contributed by atoms with van der Waals surface area (Å²) in [6.45, 7) is 0. The Balaban J connectivity index is 2.77. The van der Waals surface area contributed by atoms with E-state index in [9.17, 15) is 9.18 Å². The Morgan fingerprint density at radius 2 is 2.21 bits per heavy atom. The monoisotopic (exact) mass is 195 g/mol. The van der Waals surface area contributed by atoms with Crippen LogP contribution in [0.25, 0.3) is 11.0 Å². The van der Waals surface area contributed by atoms with Crippen molar-refractivity contribution in [2.75, 3.05) is 5.73 Å². The van der Waals surface area contributed by atoms with Gasteiger partial charge >= 0.3 is 5.97 Å². The number of nitrogens with two attached hydrogens (primary N) is 1. The Kier molecular flexibility index (Phi) is 1.67. The molecule has 2 aromatic rings. The molecule has 0 saturated heterocycles. The molecule has 0 spiro atoms. The smallest absolute Gasteiger partial charge is 0.371 e. The van der Waals surface area contributed by atoms with Crippen LogP contribution in [0.1, 0.15) is 10.6 Å². The second kappa shape index (κ2) is 2.73. The van der Waals surface area contributed by atoms with E-state index in [1.165, 1.54) is 18.2 Å². The van der Waals surface area contributed by atoms with E-state index in [-0.39, 0.29) is 17.0 Å². The average molecular weight is 195 g/mol. The zero-order valence-corrected chi connectivity index (χ0v) is 6.95. The molecular formula is C9H6FNO3. The Morgan fingerprint density at radius 1 is 1.50 bits per heavy atom. The molecule has 0 unspecified atom stereocenters. The van der Waals surface area contributed by atoms with Crippen LogP contribution in [-0.4, -0.2) is 11.1 Å². The van der Waals surface area contributed by atoms with Crippen molar-refractivity contribution in [3.05, 3.63) is 29.8 Å². The lowest BCUT2D eigenvalue weighted by atomic mass is 10.2. The van der Waals surface area contributed by atoms with Gasteiger partial charge in [-0.3, -0.25) is 0 Å². The first-order valence-corrected chi connectivity index (χ1v) is 3.80. The Hall–Kier alpha value is -2.04. The van der Waals surface area contributed by atoms with Crippen LogP contribution in [0.5, 0.6) is 0 Å². The average Bonchev–Trinajstić information content (AvgIpc) is 2.56. The summed E-state index contributed by atoms with van der Waals surface area (Å²) in [5, 5.41) is 9.09. The van der Waals surface area contributed by atoms with E-state index >= 15 is 0 Å². The van der Waals surface area contributed by atoms with Gasteiger partial charge in [0.2, 0.25) is 5.76 Å². The number of anilines is 1. The zero-order valence-electron chi connectivity index (χ0n) is 6.95. The molecule has 0 radical (unpaired) electrons. The second-order valence-corrected chi connectivity index (χ2v) is 2.80. The molecule has 1 aromatic carbocycles. The lowest BCUT2D eigenvalue weighted by Gasteiger charge is -1.95. The van der Waals surface area contributed by atoms with Crippen molar-refractivity contribution in [1.82, 2.24) is 0 Å². The van der Waals surface area contributed by atoms with E-state index in [1.807, 2.05) is 0 Å². The maximum absolute atomic E-state index is 12.9. The van der Waals surface area contributed by atoms with Gasteiger partial charge in [-0.15, -0.1) is 0 Å². The molecular weight excluding hydrogens is 189 g/mol. The third-order valence-corrected chi connectivity index (χ3v) is 1.88. The van der Waals surface area contributed by atoms with E-state index in [1.54, 1.807) is 0 Å². The van der Waals surface area contributed by atoms with Crippen molar-refractivity contribution in [2.45, 2.75) is 0 Å². The molecule has 0 bridgehead atoms. The number of halogens is 1. The van der Waals surface area contributed by atoms with Gasteiger partial charge in [-0.1, -0.05) is 0 Å². The standard InChI is InChI=1S/C9H6FNO3/c10-5-2-1-4-3-6(9(12)13)14-8(4)7(5)11/h1-3H,11H2,(H,12,13). The fourth-order valence-electron chi connectivity index (χ4n) is 1.21. The maximum Gasteiger partial charge on any atom is 0.371 e. The van der Waals surface area contributed by atoms with E-state index < -0.39 is 11.8 Å². The van der Waals surface area contributed by atoms with Crippen molar-refractivity contribution in [3.8, 4) is 0 Å². The molecule has 1 heterocycles. The number of carbonyl (C=O) groups is 1. The van der Waals surface area contributed by atoms with Gasteiger partial charge < -0.3 is 15.3 Å². The van der Waals surface area contributed by atoms with Crippen LogP contribution in [0.3, 0.4) is 0 Å². The topological polar surface area (TPSA) is 76.5 Å². The number of nitrogen functional groups attached to an aromatic ring is 1. The molecule has 72 valence electrons. The van der Waals surface area contributed by atoms with Gasteiger partial charge in [-0.05, 0) is 18.2 Å². The minimum Gasteiger partial charge on any atom is -0.475 e. The number of hydrogen-bond acceptors (Lipinski definition) is 3. The van der Waals surface area contributed by atoms with Crippen molar-refractivity contribution < 1.29 is 18.7 Å². The minimum atomic E-state index is -1.21. The van der Waals surface area contributed by atoms with Crippen molar-refractivity contribution in [1.29, 1.82) is 0 Å². The van der Waals surface area contributed by atoms with E-state index in [0.717, 1.165) is 0 Å². The number of fused-ring (bicyclic) bond motifs is 1. The summed E-state index contributed by atoms with van der Waals surface area (Å²) in [4.78, 5) is 10.5. The number of carboxylic acids is 1. The highest BCUT2D eigenvalue weighted by molar-refractivity contribution is 5.95. The van der Waals surface area contributed by atoms with Crippen LogP contribution in [0, 0.1) is 5.82 Å². The maximum atomic E-state index is 12.9. The number of benzene rings is 1. The van der Waals surface area contributed by atoms with E-state index in [0.29, 0.717) is 5.39 Å². The summed E-state index contributed by atoms with van der Waals surface area (Å²) in [7, 11) is 0. The van der Waals surface area contributed by atoms with Gasteiger partial charge in [0.25, 0.3) is 0 Å². The molecule has 0 fully saturated rings. The molecule has 0 atom stereocenters. The first-order chi connectivity index (χ1) is 6.59. The van der Waals surface area contributed by atoms with Crippen molar-refractivity contribution in [2.24, 2.45) is 0 Å². The largest absolute Gasteiger partial charge is 0.475 e. The van der Waals surface area contributed by atoms with Gasteiger partial charge in [0.15, 0.2) is 5.58 Å². The lowest BCUT2D eigenvalue weighted by Crippen LogP contribution is -1.92. The summed E-state index contributed by atoms with van der Waals surface area (Å²) in [6.07, 6.45) is 0. The normalized spacial score (nSPS) is 10.6. The summed E-state index contributed by atoms with van der Waals surface area (Å²) in [6, 6.07) is 3.88. The Bertz CT molecular complexity index is 518. The van der Waals surface area contributed by atoms with Gasteiger partial charge in [0.1, 0.15) is 11.5 Å². The fourth-order valence-corrected chi connectivity index (χ4v) is 1.21. The first kappa shape index (κ1) is 8.55. The quantitative estimate of drug-likeness (QED) is 0.681. The predicted octanol–water partition coefficient (Wildman–Crippen LogP) is 1.85. The van der Waals surface area contributed by atoms with Crippen LogP contribution in [0.15, 0.2) is 22.6 Å². The second-order valence-electron chi connectivity index (χ2n) is 2.80. The molecule has 0 amide bonds. The number of aromatic carboxylic acids is 1. The van der Waals surface area contributed by atoms with Gasteiger partial charge in [-0.2, -0.15) is 0 Å². The molecule has 14 heavy (non-hydrogen) atoms. The third kappa shape index (κ3) is 1.10. The highest BCUT2D eigenvalue weighted by Crippen LogP contribution is 2.26. The molecule has 0 aliphatic heterocycles. The van der Waals surface area contributed by atoms with Crippen LogP contribution >= 0.6 is 0 Å². The molecule has 5 heteroatoms. The Labute approximate surface area is 77.7 Å². The molecule has 2 rings (SSSR count). The van der Waals surface area contributed by atoms with Crippen LogP contribution in [0.4, 0.5) is 10.1 Å². The van der Waals surface area contributed by atoms with Crippen LogP contribution < -0.4 is 5.73 Å². The third-order valence-electron chi connectivity index (χ3n) is 1.88. The minimum absolute atomic E-state index is 0.0717. The highest BCUT2D eigenvalue weighted by Gasteiger charge is 2.13. The van der Waals surface area contributed by atoms with Crippen molar-refractivity contribution in [3.63, 3.8) is 0 Å². The van der Waals surface area contributed by atoms with Gasteiger partial charge in [0, 0.05) is 5.39 Å². The SMILES string of the molecule is Nc1c(F)ccc2cc(C(=O)O)oc12. The van der Waals surface area contributed by atoms with Crippen LogP contribution in [-0.2, 0) is 0 Å². The number of rotatable bonds is 1. The number of carboxylic acid groups (broad SMARTS) is 1. The number of furan rings is 1. The van der Waals surface area contributed by atoms with Crippen molar-refractivity contribution >= 4 is 22.6 Å². The van der Waals surface area contributed by atoms with E-state index in [2.05, 4.69) is 0 Å².